The second kappa shape index (κ2) is 5.89. The molecule has 0 spiro atoms. The molecule has 0 aliphatic heterocycles. The predicted octanol–water partition coefficient (Wildman–Crippen LogP) is 3.90. The first-order chi connectivity index (χ1) is 11.7. The van der Waals surface area contributed by atoms with Gasteiger partial charge in [-0.2, -0.15) is 0 Å². The second-order valence-electron chi connectivity index (χ2n) is 5.02. The van der Waals surface area contributed by atoms with Crippen LogP contribution in [0.3, 0.4) is 0 Å². The number of hydrogen-bond donors (Lipinski definition) is 1. The summed E-state index contributed by atoms with van der Waals surface area (Å²) in [4.78, 5) is 23.4. The highest BCUT2D eigenvalue weighted by molar-refractivity contribution is 6.31. The minimum atomic E-state index is -1.78. The predicted molar refractivity (Wildman–Crippen MR) is 81.3 cm³/mol. The fourth-order valence-corrected chi connectivity index (χ4v) is 2.53. The third kappa shape index (κ3) is 2.64. The monoisotopic (exact) mass is 371 g/mol. The highest BCUT2D eigenvalue weighted by Crippen LogP contribution is 2.26. The molecule has 1 heterocycles. The molecule has 128 valence electrons. The van der Waals surface area contributed by atoms with Gasteiger partial charge in [-0.25, -0.2) is 22.4 Å². The van der Waals surface area contributed by atoms with Crippen LogP contribution in [-0.4, -0.2) is 15.6 Å². The number of fused-ring (bicyclic) bond motifs is 1. The van der Waals surface area contributed by atoms with Crippen molar-refractivity contribution in [2.45, 2.75) is 0 Å². The van der Waals surface area contributed by atoms with Crippen molar-refractivity contribution in [1.82, 2.24) is 4.57 Å². The Labute approximate surface area is 141 Å². The Bertz CT molecular complexity index is 1110. The average Bonchev–Trinajstić information content (AvgIpc) is 2.55. The Morgan fingerprint density at radius 2 is 1.72 bits per heavy atom. The van der Waals surface area contributed by atoms with E-state index in [1.807, 2.05) is 0 Å². The largest absolute Gasteiger partial charge is 0.477 e. The van der Waals surface area contributed by atoms with E-state index in [2.05, 4.69) is 0 Å². The summed E-state index contributed by atoms with van der Waals surface area (Å²) in [6, 6.07) is 3.13. The fourth-order valence-electron chi connectivity index (χ4n) is 2.37. The molecule has 3 rings (SSSR count). The minimum absolute atomic E-state index is 0.175. The zero-order chi connectivity index (χ0) is 18.5. The maximum Gasteiger partial charge on any atom is 0.341 e. The first-order valence-corrected chi connectivity index (χ1v) is 7.01. The Morgan fingerprint density at radius 3 is 2.36 bits per heavy atom. The first-order valence-electron chi connectivity index (χ1n) is 6.64. The highest BCUT2D eigenvalue weighted by Gasteiger charge is 2.21. The van der Waals surface area contributed by atoms with Crippen molar-refractivity contribution in [3.8, 4) is 5.69 Å². The minimum Gasteiger partial charge on any atom is -0.477 e. The number of rotatable bonds is 2. The summed E-state index contributed by atoms with van der Waals surface area (Å²) in [6.07, 6.45) is 0.733. The molecule has 0 bridgehead atoms. The molecule has 0 atom stereocenters. The quantitative estimate of drug-likeness (QED) is 0.549. The number of carbonyl (C=O) groups is 1. The van der Waals surface area contributed by atoms with Gasteiger partial charge in [0.15, 0.2) is 17.5 Å². The van der Waals surface area contributed by atoms with E-state index in [1.54, 1.807) is 0 Å². The van der Waals surface area contributed by atoms with E-state index in [4.69, 9.17) is 16.7 Å². The van der Waals surface area contributed by atoms with E-state index in [0.717, 1.165) is 22.9 Å². The standard InChI is InChI=1S/C16H6ClF4NO3/c17-8-4-12-6(3-10(8)19)15(23)7(16(24)25)5-22(12)11-2-1-9(18)13(20)14(11)21/h1-5H,(H,24,25). The van der Waals surface area contributed by atoms with Crippen molar-refractivity contribution >= 4 is 28.5 Å². The molecular weight excluding hydrogens is 366 g/mol. The summed E-state index contributed by atoms with van der Waals surface area (Å²) in [5, 5.41) is 8.29. The van der Waals surface area contributed by atoms with E-state index >= 15 is 0 Å². The van der Waals surface area contributed by atoms with Crippen LogP contribution in [0.2, 0.25) is 5.02 Å². The summed E-state index contributed by atoms with van der Waals surface area (Å²) in [5.41, 5.74) is -2.59. The number of halogens is 5. The number of benzene rings is 2. The molecule has 2 aromatic carbocycles. The van der Waals surface area contributed by atoms with Crippen molar-refractivity contribution in [3.05, 3.63) is 74.5 Å². The van der Waals surface area contributed by atoms with Crippen LogP contribution in [-0.2, 0) is 0 Å². The number of carboxylic acids is 1. The molecule has 0 amide bonds. The van der Waals surface area contributed by atoms with Gasteiger partial charge in [0, 0.05) is 11.6 Å². The van der Waals surface area contributed by atoms with Crippen LogP contribution in [0.1, 0.15) is 10.4 Å². The Morgan fingerprint density at radius 1 is 1.04 bits per heavy atom. The third-order valence-electron chi connectivity index (χ3n) is 3.55. The van der Waals surface area contributed by atoms with Crippen LogP contribution in [0.5, 0.6) is 0 Å². The number of pyridine rings is 1. The van der Waals surface area contributed by atoms with Gasteiger partial charge < -0.3 is 9.67 Å². The van der Waals surface area contributed by atoms with Crippen molar-refractivity contribution in [1.29, 1.82) is 0 Å². The van der Waals surface area contributed by atoms with Crippen LogP contribution in [0.25, 0.3) is 16.6 Å². The van der Waals surface area contributed by atoms with Gasteiger partial charge in [0.2, 0.25) is 5.43 Å². The summed E-state index contributed by atoms with van der Waals surface area (Å²) >= 11 is 5.66. The second-order valence-corrected chi connectivity index (χ2v) is 5.43. The molecule has 1 N–H and O–H groups in total. The number of hydrogen-bond acceptors (Lipinski definition) is 2. The summed E-state index contributed by atoms with van der Waals surface area (Å²) in [6.45, 7) is 0. The molecule has 0 fully saturated rings. The summed E-state index contributed by atoms with van der Waals surface area (Å²) < 4.78 is 55.3. The van der Waals surface area contributed by atoms with Gasteiger partial charge in [-0.1, -0.05) is 11.6 Å². The van der Waals surface area contributed by atoms with Crippen molar-refractivity contribution in [2.24, 2.45) is 0 Å². The summed E-state index contributed by atoms with van der Waals surface area (Å²) in [5.74, 6) is -7.49. The van der Waals surface area contributed by atoms with Crippen LogP contribution in [0, 0.1) is 23.3 Å². The lowest BCUT2D eigenvalue weighted by atomic mass is 10.1. The molecule has 0 unspecified atom stereocenters. The molecule has 9 heteroatoms. The van der Waals surface area contributed by atoms with Crippen molar-refractivity contribution < 1.29 is 27.5 Å². The zero-order valence-corrected chi connectivity index (χ0v) is 12.7. The lowest BCUT2D eigenvalue weighted by molar-refractivity contribution is 0.0695. The lowest BCUT2D eigenvalue weighted by Gasteiger charge is -2.14. The number of carboxylic acid groups (broad SMARTS) is 1. The van der Waals surface area contributed by atoms with Gasteiger partial charge in [-0.15, -0.1) is 0 Å². The topological polar surface area (TPSA) is 59.3 Å². The first kappa shape index (κ1) is 17.0. The lowest BCUT2D eigenvalue weighted by Crippen LogP contribution is -2.19. The molecule has 1 aromatic heterocycles. The molecular formula is C16H6ClF4NO3. The van der Waals surface area contributed by atoms with E-state index in [0.29, 0.717) is 12.1 Å². The highest BCUT2D eigenvalue weighted by atomic mass is 35.5. The van der Waals surface area contributed by atoms with E-state index in [-0.39, 0.29) is 5.52 Å². The molecule has 25 heavy (non-hydrogen) atoms. The van der Waals surface area contributed by atoms with Gasteiger partial charge in [-0.3, -0.25) is 4.79 Å². The normalized spacial score (nSPS) is 11.1. The summed E-state index contributed by atoms with van der Waals surface area (Å²) in [7, 11) is 0. The molecule has 0 saturated carbocycles. The fraction of sp³-hybridized carbons (Fsp3) is 0. The molecule has 0 aliphatic rings. The van der Waals surface area contributed by atoms with Crippen molar-refractivity contribution in [3.63, 3.8) is 0 Å². The van der Waals surface area contributed by atoms with Gasteiger partial charge in [-0.05, 0) is 24.3 Å². The Hall–Kier alpha value is -2.87. The van der Waals surface area contributed by atoms with Crippen LogP contribution < -0.4 is 5.43 Å². The average molecular weight is 372 g/mol. The molecule has 3 aromatic rings. The van der Waals surface area contributed by atoms with Gasteiger partial charge in [0.05, 0.1) is 16.2 Å². The van der Waals surface area contributed by atoms with Crippen molar-refractivity contribution in [2.75, 3.05) is 0 Å². The van der Waals surface area contributed by atoms with Gasteiger partial charge in [0.1, 0.15) is 11.4 Å². The Balaban J connectivity index is 2.52. The van der Waals surface area contributed by atoms with E-state index in [9.17, 15) is 27.2 Å². The molecule has 0 saturated heterocycles. The molecule has 0 radical (unpaired) electrons. The SMILES string of the molecule is O=C(O)c1cn(-c2ccc(F)c(F)c2F)c2cc(Cl)c(F)cc2c1=O. The molecule has 4 nitrogen and oxygen atoms in total. The van der Waals surface area contributed by atoms with Gasteiger partial charge in [0.25, 0.3) is 0 Å². The van der Waals surface area contributed by atoms with E-state index in [1.165, 1.54) is 0 Å². The van der Waals surface area contributed by atoms with Crippen LogP contribution in [0.15, 0.2) is 35.3 Å². The third-order valence-corrected chi connectivity index (χ3v) is 3.84. The molecule has 0 aliphatic carbocycles. The maximum atomic E-state index is 14.1. The van der Waals surface area contributed by atoms with Gasteiger partial charge >= 0.3 is 5.97 Å². The maximum absolute atomic E-state index is 14.1. The van der Waals surface area contributed by atoms with Crippen LogP contribution in [0.4, 0.5) is 17.6 Å². The Kier molecular flexibility index (Phi) is 4.00. The number of nitrogens with zero attached hydrogens (tertiary/aromatic N) is 1. The van der Waals surface area contributed by atoms with E-state index < -0.39 is 56.3 Å². The van der Waals surface area contributed by atoms with Crippen LogP contribution >= 0.6 is 11.6 Å². The number of aromatic carboxylic acids is 1. The zero-order valence-electron chi connectivity index (χ0n) is 12.0. The smallest absolute Gasteiger partial charge is 0.341 e. The number of aromatic nitrogens is 1.